The molecule has 1 heterocycles. The summed E-state index contributed by atoms with van der Waals surface area (Å²) in [5, 5.41) is 14.2. The van der Waals surface area contributed by atoms with Gasteiger partial charge in [-0.15, -0.1) is 10.2 Å². The zero-order chi connectivity index (χ0) is 21.6. The summed E-state index contributed by atoms with van der Waals surface area (Å²) >= 11 is 1.35. The summed E-state index contributed by atoms with van der Waals surface area (Å²) in [6.45, 7) is 2.44. The van der Waals surface area contributed by atoms with Gasteiger partial charge in [0.2, 0.25) is 5.91 Å². The lowest BCUT2D eigenvalue weighted by Gasteiger charge is -2.09. The fourth-order valence-corrected chi connectivity index (χ4v) is 3.95. The average molecular weight is 433 g/mol. The lowest BCUT2D eigenvalue weighted by molar-refractivity contribution is -0.113. The number of rotatable bonds is 8. The van der Waals surface area contributed by atoms with E-state index < -0.39 is 0 Å². The van der Waals surface area contributed by atoms with Gasteiger partial charge in [0.25, 0.3) is 0 Å². The van der Waals surface area contributed by atoms with E-state index in [0.29, 0.717) is 17.6 Å². The number of hydrogen-bond acceptors (Lipinski definition) is 5. The molecule has 1 amide bonds. The van der Waals surface area contributed by atoms with Crippen molar-refractivity contribution in [3.05, 3.63) is 78.1 Å². The van der Waals surface area contributed by atoms with Gasteiger partial charge in [0.05, 0.1) is 5.75 Å². The Bertz CT molecular complexity index is 1180. The zero-order valence-corrected chi connectivity index (χ0v) is 18.4. The molecular weight excluding hydrogens is 408 g/mol. The topological polar surface area (TPSA) is 69.0 Å². The minimum atomic E-state index is -0.0850. The molecule has 4 aromatic rings. The van der Waals surface area contributed by atoms with Crippen molar-refractivity contribution in [1.82, 2.24) is 14.8 Å². The van der Waals surface area contributed by atoms with Crippen LogP contribution in [0.5, 0.6) is 5.75 Å². The van der Waals surface area contributed by atoms with E-state index >= 15 is 0 Å². The number of amides is 1. The van der Waals surface area contributed by atoms with E-state index in [1.54, 1.807) is 0 Å². The third-order valence-corrected chi connectivity index (χ3v) is 6.04. The van der Waals surface area contributed by atoms with Crippen LogP contribution in [0.2, 0.25) is 0 Å². The van der Waals surface area contributed by atoms with Gasteiger partial charge in [-0.3, -0.25) is 4.79 Å². The third-order valence-electron chi connectivity index (χ3n) is 5.02. The molecule has 0 radical (unpaired) electrons. The number of carbonyl (C=O) groups is 1. The van der Waals surface area contributed by atoms with Crippen LogP contribution >= 0.6 is 11.8 Å². The molecule has 0 aliphatic carbocycles. The van der Waals surface area contributed by atoms with Crippen LogP contribution in [0.1, 0.15) is 18.3 Å². The highest BCUT2D eigenvalue weighted by atomic mass is 32.2. The van der Waals surface area contributed by atoms with Gasteiger partial charge in [0.15, 0.2) is 11.0 Å². The molecule has 0 saturated heterocycles. The molecule has 0 atom stereocenters. The number of carbonyl (C=O) groups excluding carboxylic acids is 1. The first-order chi connectivity index (χ1) is 15.1. The summed E-state index contributed by atoms with van der Waals surface area (Å²) < 4.78 is 7.68. The van der Waals surface area contributed by atoms with Crippen LogP contribution in [0, 0.1) is 0 Å². The van der Waals surface area contributed by atoms with E-state index in [-0.39, 0.29) is 11.7 Å². The summed E-state index contributed by atoms with van der Waals surface area (Å²) in [6.07, 6.45) is 0.998. The molecule has 1 aromatic heterocycles. The zero-order valence-electron chi connectivity index (χ0n) is 17.5. The van der Waals surface area contributed by atoms with Gasteiger partial charge >= 0.3 is 0 Å². The van der Waals surface area contributed by atoms with Crippen LogP contribution in [-0.2, 0) is 24.9 Å². The van der Waals surface area contributed by atoms with Crippen LogP contribution in [-0.4, -0.2) is 26.4 Å². The average Bonchev–Trinajstić information content (AvgIpc) is 3.16. The van der Waals surface area contributed by atoms with E-state index in [9.17, 15) is 4.79 Å². The first-order valence-corrected chi connectivity index (χ1v) is 11.1. The van der Waals surface area contributed by atoms with Gasteiger partial charge in [0, 0.05) is 18.1 Å². The largest absolute Gasteiger partial charge is 0.486 e. The predicted molar refractivity (Wildman–Crippen MR) is 124 cm³/mol. The maximum absolute atomic E-state index is 12.5. The van der Waals surface area contributed by atoms with Crippen molar-refractivity contribution < 1.29 is 9.53 Å². The number of aromatic nitrogens is 3. The molecule has 158 valence electrons. The van der Waals surface area contributed by atoms with E-state index in [2.05, 4.69) is 34.6 Å². The number of nitrogens with one attached hydrogen (secondary N) is 1. The second-order valence-electron chi connectivity index (χ2n) is 7.11. The summed E-state index contributed by atoms with van der Waals surface area (Å²) in [6, 6.07) is 21.9. The van der Waals surface area contributed by atoms with Gasteiger partial charge in [-0.1, -0.05) is 67.2 Å². The van der Waals surface area contributed by atoms with Gasteiger partial charge in [0.1, 0.15) is 12.4 Å². The van der Waals surface area contributed by atoms with Gasteiger partial charge < -0.3 is 14.6 Å². The smallest absolute Gasteiger partial charge is 0.234 e. The Hall–Kier alpha value is -3.32. The van der Waals surface area contributed by atoms with E-state index in [0.717, 1.165) is 28.6 Å². The predicted octanol–water partition coefficient (Wildman–Crippen LogP) is 4.84. The van der Waals surface area contributed by atoms with Crippen LogP contribution in [0.3, 0.4) is 0 Å². The minimum absolute atomic E-state index is 0.0850. The van der Waals surface area contributed by atoms with Crippen LogP contribution in [0.25, 0.3) is 10.8 Å². The lowest BCUT2D eigenvalue weighted by atomic mass is 10.1. The quantitative estimate of drug-likeness (QED) is 0.404. The highest BCUT2D eigenvalue weighted by molar-refractivity contribution is 7.99. The van der Waals surface area contributed by atoms with Crippen molar-refractivity contribution in [3.8, 4) is 5.75 Å². The summed E-state index contributed by atoms with van der Waals surface area (Å²) in [5.74, 6) is 1.66. The standard InChI is InChI=1S/C24H24N4O2S/c1-3-17-11-13-19(14-12-17)30-15-22-26-27-24(28(22)2)31-16-23(29)25-21-10-6-8-18-7-4-5-9-20(18)21/h4-14H,3,15-16H2,1-2H3,(H,25,29). The number of fused-ring (bicyclic) bond motifs is 1. The molecule has 0 saturated carbocycles. The summed E-state index contributed by atoms with van der Waals surface area (Å²) in [7, 11) is 1.88. The van der Waals surface area contributed by atoms with Crippen LogP contribution in [0.4, 0.5) is 5.69 Å². The molecule has 0 spiro atoms. The number of anilines is 1. The Morgan fingerprint density at radius 2 is 1.81 bits per heavy atom. The number of nitrogens with zero attached hydrogens (tertiary/aromatic N) is 3. The van der Waals surface area contributed by atoms with E-state index in [4.69, 9.17) is 4.74 Å². The van der Waals surface area contributed by atoms with Crippen molar-refractivity contribution in [1.29, 1.82) is 0 Å². The van der Waals surface area contributed by atoms with Gasteiger partial charge in [-0.2, -0.15) is 0 Å². The highest BCUT2D eigenvalue weighted by Gasteiger charge is 2.13. The first kappa shape index (κ1) is 20.9. The number of aryl methyl sites for hydroxylation is 1. The van der Waals surface area contributed by atoms with Gasteiger partial charge in [-0.25, -0.2) is 0 Å². The molecular formula is C24H24N4O2S. The van der Waals surface area contributed by atoms with Crippen LogP contribution < -0.4 is 10.1 Å². The minimum Gasteiger partial charge on any atom is -0.486 e. The molecule has 3 aromatic carbocycles. The van der Waals surface area contributed by atoms with Crippen molar-refractivity contribution in [3.63, 3.8) is 0 Å². The molecule has 1 N–H and O–H groups in total. The fourth-order valence-electron chi connectivity index (χ4n) is 3.22. The number of thioether (sulfide) groups is 1. The van der Waals surface area contributed by atoms with Crippen LogP contribution in [0.15, 0.2) is 71.9 Å². The van der Waals surface area contributed by atoms with Crippen molar-refractivity contribution in [2.75, 3.05) is 11.1 Å². The molecule has 0 fully saturated rings. The number of hydrogen-bond donors (Lipinski definition) is 1. The SMILES string of the molecule is CCc1ccc(OCc2nnc(SCC(=O)Nc3cccc4ccccc34)n2C)cc1. The summed E-state index contributed by atoms with van der Waals surface area (Å²) in [5.41, 5.74) is 2.08. The molecule has 0 bridgehead atoms. The van der Waals surface area contributed by atoms with Gasteiger partial charge in [-0.05, 0) is 35.6 Å². The molecule has 0 unspecified atom stereocenters. The maximum atomic E-state index is 12.5. The Balaban J connectivity index is 1.33. The molecule has 31 heavy (non-hydrogen) atoms. The number of benzene rings is 3. The Labute approximate surface area is 185 Å². The van der Waals surface area contributed by atoms with Crippen molar-refractivity contribution in [2.45, 2.75) is 25.1 Å². The lowest BCUT2D eigenvalue weighted by Crippen LogP contribution is -2.14. The molecule has 4 rings (SSSR count). The van der Waals surface area contributed by atoms with E-state index in [1.165, 1.54) is 17.3 Å². The molecule has 6 nitrogen and oxygen atoms in total. The van der Waals surface area contributed by atoms with Crippen molar-refractivity contribution in [2.24, 2.45) is 7.05 Å². The number of ether oxygens (including phenoxy) is 1. The molecule has 0 aliphatic heterocycles. The maximum Gasteiger partial charge on any atom is 0.234 e. The Morgan fingerprint density at radius 3 is 2.61 bits per heavy atom. The second kappa shape index (κ2) is 9.66. The fraction of sp³-hybridized carbons (Fsp3) is 0.208. The monoisotopic (exact) mass is 432 g/mol. The highest BCUT2D eigenvalue weighted by Crippen LogP contribution is 2.24. The third kappa shape index (κ3) is 5.06. The first-order valence-electron chi connectivity index (χ1n) is 10.1. The Morgan fingerprint density at radius 1 is 1.03 bits per heavy atom. The molecule has 0 aliphatic rings. The molecule has 7 heteroatoms. The summed E-state index contributed by atoms with van der Waals surface area (Å²) in [4.78, 5) is 12.5. The normalized spacial score (nSPS) is 10.9. The second-order valence-corrected chi connectivity index (χ2v) is 8.05. The van der Waals surface area contributed by atoms with E-state index in [1.807, 2.05) is 66.2 Å². The van der Waals surface area contributed by atoms with Crippen molar-refractivity contribution >= 4 is 34.1 Å². The Kier molecular flexibility index (Phi) is 6.52.